The fourth-order valence-corrected chi connectivity index (χ4v) is 6.87. The maximum absolute atomic E-state index is 14.1. The minimum atomic E-state index is -0.958. The fraction of sp³-hybridized carbons (Fsp3) is 0.550. The normalized spacial score (nSPS) is 14.7. The molecule has 12 nitrogen and oxygen atoms in total. The van der Waals surface area contributed by atoms with Gasteiger partial charge in [-0.2, -0.15) is 0 Å². The van der Waals surface area contributed by atoms with E-state index in [4.69, 9.17) is 11.2 Å². The second-order valence-electron chi connectivity index (χ2n) is 13.6. The molecule has 13 heteroatoms. The molecule has 0 spiro atoms. The first-order chi connectivity index (χ1) is 25.2. The van der Waals surface area contributed by atoms with Gasteiger partial charge in [-0.1, -0.05) is 64.4 Å². The molecule has 53 heavy (non-hydrogen) atoms. The zero-order valence-electron chi connectivity index (χ0n) is 31.8. The van der Waals surface area contributed by atoms with Gasteiger partial charge in [0.15, 0.2) is 6.10 Å². The van der Waals surface area contributed by atoms with Gasteiger partial charge in [-0.05, 0) is 50.3 Å². The molecule has 2 N–H and O–H groups in total. The second-order valence-corrected chi connectivity index (χ2v) is 14.5. The molecule has 1 aromatic heterocycles. The molecule has 3 amide bonds. The number of rotatable bonds is 23. The van der Waals surface area contributed by atoms with Crippen LogP contribution >= 0.6 is 11.3 Å². The number of terminal acetylenes is 1. The molecule has 0 saturated heterocycles. The summed E-state index contributed by atoms with van der Waals surface area (Å²) in [5.74, 6) is -2.09. The highest BCUT2D eigenvalue weighted by Gasteiger charge is 2.35. The number of thiazole rings is 1. The number of unbranched alkanes of at least 4 members (excludes halogenated alkanes) is 2. The molecular formula is C40H55N5O7S. The third-order valence-corrected chi connectivity index (χ3v) is 10.0. The Morgan fingerprint density at radius 1 is 1.11 bits per heavy atom. The van der Waals surface area contributed by atoms with Crippen molar-refractivity contribution in [3.8, 4) is 12.3 Å². The second kappa shape index (κ2) is 23.1. The van der Waals surface area contributed by atoms with E-state index in [1.807, 2.05) is 51.1 Å². The minimum Gasteiger partial charge on any atom is -0.481 e. The molecule has 0 aliphatic rings. The molecule has 2 rings (SSSR count). The molecule has 1 heterocycles. The Balaban J connectivity index is 2.30. The van der Waals surface area contributed by atoms with E-state index in [0.717, 1.165) is 29.7 Å². The maximum atomic E-state index is 14.1. The molecule has 6 atom stereocenters. The van der Waals surface area contributed by atoms with E-state index in [2.05, 4.69) is 32.9 Å². The van der Waals surface area contributed by atoms with E-state index in [9.17, 15) is 29.1 Å². The van der Waals surface area contributed by atoms with Crippen LogP contribution in [0.5, 0.6) is 0 Å². The van der Waals surface area contributed by atoms with Crippen molar-refractivity contribution in [1.82, 2.24) is 15.2 Å². The van der Waals surface area contributed by atoms with Crippen LogP contribution in [-0.4, -0.2) is 83.3 Å². The van der Waals surface area contributed by atoms with Crippen LogP contribution in [0.25, 0.3) is 0 Å². The molecule has 0 radical (unpaired) electrons. The van der Waals surface area contributed by atoms with E-state index in [0.29, 0.717) is 30.8 Å². The van der Waals surface area contributed by atoms with Crippen molar-refractivity contribution >= 4 is 53.9 Å². The van der Waals surface area contributed by atoms with Crippen molar-refractivity contribution in [2.75, 3.05) is 13.6 Å². The first-order valence-corrected chi connectivity index (χ1v) is 19.0. The highest BCUT2D eigenvalue weighted by molar-refractivity contribution is 7.09. The van der Waals surface area contributed by atoms with Crippen molar-refractivity contribution in [3.05, 3.63) is 52.0 Å². The van der Waals surface area contributed by atoms with Crippen molar-refractivity contribution in [1.29, 1.82) is 0 Å². The van der Waals surface area contributed by atoms with Gasteiger partial charge in [0, 0.05) is 63.0 Å². The van der Waals surface area contributed by atoms with Gasteiger partial charge in [-0.15, -0.1) is 23.7 Å². The Morgan fingerprint density at radius 2 is 1.81 bits per heavy atom. The summed E-state index contributed by atoms with van der Waals surface area (Å²) in [6, 6.07) is 8.54. The highest BCUT2D eigenvalue weighted by Crippen LogP contribution is 2.31. The van der Waals surface area contributed by atoms with Crippen LogP contribution in [0.15, 0.2) is 45.7 Å². The number of carbonyl (C=O) groups excluding carboxylic acids is 4. The molecule has 0 bridgehead atoms. The number of hydrogen-bond acceptors (Lipinski definition) is 9. The molecule has 2 aromatic rings. The van der Waals surface area contributed by atoms with E-state index in [1.54, 1.807) is 24.3 Å². The van der Waals surface area contributed by atoms with Gasteiger partial charge < -0.3 is 25.1 Å². The number of hydrogen-bond donors (Lipinski definition) is 2. The van der Waals surface area contributed by atoms with Gasteiger partial charge in [0.25, 0.3) is 5.91 Å². The molecular weight excluding hydrogens is 695 g/mol. The number of carbonyl (C=O) groups is 5. The molecule has 0 fully saturated rings. The topological polar surface area (TPSA) is 168 Å². The number of aromatic nitrogens is 1. The Labute approximate surface area is 317 Å². The van der Waals surface area contributed by atoms with Gasteiger partial charge in [-0.25, -0.2) is 9.98 Å². The van der Waals surface area contributed by atoms with Gasteiger partial charge in [-0.3, -0.25) is 24.0 Å². The van der Waals surface area contributed by atoms with E-state index in [1.165, 1.54) is 13.1 Å². The van der Waals surface area contributed by atoms with Crippen LogP contribution in [0.2, 0.25) is 0 Å². The Bertz CT molecular complexity index is 1580. The van der Waals surface area contributed by atoms with Gasteiger partial charge in [0.1, 0.15) is 10.7 Å². The summed E-state index contributed by atoms with van der Waals surface area (Å²) in [6.45, 7) is 12.7. The number of esters is 1. The number of carboxylic acid groups (broad SMARTS) is 1. The third-order valence-electron chi connectivity index (χ3n) is 9.09. The zero-order chi connectivity index (χ0) is 39.5. The third kappa shape index (κ3) is 15.1. The summed E-state index contributed by atoms with van der Waals surface area (Å²) in [4.78, 5) is 78.1. The van der Waals surface area contributed by atoms with Crippen molar-refractivity contribution < 1.29 is 33.8 Å². The number of benzene rings is 1. The van der Waals surface area contributed by atoms with E-state index in [-0.39, 0.29) is 42.7 Å². The van der Waals surface area contributed by atoms with E-state index >= 15 is 0 Å². The maximum Gasteiger partial charge on any atom is 0.306 e. The number of aliphatic carboxylic acids is 1. The van der Waals surface area contributed by atoms with Gasteiger partial charge in [0.05, 0.1) is 11.8 Å². The zero-order valence-corrected chi connectivity index (χ0v) is 32.6. The van der Waals surface area contributed by atoms with Crippen LogP contribution in [0.4, 0.5) is 0 Å². The number of aliphatic imine (C=N–C) groups is 2. The lowest BCUT2D eigenvalue weighted by Gasteiger charge is -2.35. The van der Waals surface area contributed by atoms with Gasteiger partial charge in [0.2, 0.25) is 11.8 Å². The van der Waals surface area contributed by atoms with Crippen molar-refractivity contribution in [2.24, 2.45) is 33.7 Å². The lowest BCUT2D eigenvalue weighted by Crippen LogP contribution is -2.46. The summed E-state index contributed by atoms with van der Waals surface area (Å²) in [5.41, 5.74) is 1.05. The number of nitrogens with zero attached hydrogens (tertiary/aromatic N) is 4. The average molecular weight is 750 g/mol. The Hall–Kier alpha value is -4.70. The first-order valence-electron chi connectivity index (χ1n) is 18.1. The molecule has 0 aliphatic carbocycles. The predicted octanol–water partition coefficient (Wildman–Crippen LogP) is 6.21. The summed E-state index contributed by atoms with van der Waals surface area (Å²) in [5, 5.41) is 14.4. The molecule has 1 aromatic carbocycles. The Kier molecular flexibility index (Phi) is 19.4. The van der Waals surface area contributed by atoms with Crippen LogP contribution in [0.1, 0.15) is 107 Å². The smallest absolute Gasteiger partial charge is 0.306 e. The molecule has 288 valence electrons. The minimum absolute atomic E-state index is 0.102. The van der Waals surface area contributed by atoms with Crippen LogP contribution in [0, 0.1) is 36.0 Å². The SMILES string of the molecule is C#CC(CC)C(C=NC(=O)CCCCCN=C)C(=O)N(C)C(CC(OC(C)=O)c1nc(C(=O)NC(Cc2ccccc2)CC(C)C(=O)O)cs1)C(C)C. The quantitative estimate of drug-likeness (QED) is 0.0586. The summed E-state index contributed by atoms with van der Waals surface area (Å²) >= 11 is 1.15. The summed E-state index contributed by atoms with van der Waals surface area (Å²) in [6.07, 6.45) is 10.2. The monoisotopic (exact) mass is 749 g/mol. The highest BCUT2D eigenvalue weighted by atomic mass is 32.1. The van der Waals surface area contributed by atoms with E-state index < -0.39 is 53.8 Å². The lowest BCUT2D eigenvalue weighted by molar-refractivity contribution is -0.148. The Morgan fingerprint density at radius 3 is 2.40 bits per heavy atom. The van der Waals surface area contributed by atoms with Crippen LogP contribution in [-0.2, 0) is 30.3 Å². The molecule has 0 aliphatic heterocycles. The molecule has 0 saturated carbocycles. The largest absolute Gasteiger partial charge is 0.481 e. The summed E-state index contributed by atoms with van der Waals surface area (Å²) in [7, 11) is 1.66. The predicted molar refractivity (Wildman–Crippen MR) is 208 cm³/mol. The standard InChI is InChI=1S/C40H55N5O7S/c1-9-30(10-2)32(24-42-36(47)19-15-12-16-20-41-7)39(49)45(8)34(26(3)4)23-35(52-28(6)46)38-44-33(25-53-38)37(48)43-31(21-27(5)40(50)51)22-29-17-13-11-14-18-29/h1,11,13-14,17-18,24-27,30-32,34-35H,7,10,12,15-16,19-23H2,2-6,8H3,(H,43,48)(H,50,51). The van der Waals surface area contributed by atoms with Crippen molar-refractivity contribution in [3.63, 3.8) is 0 Å². The fourth-order valence-electron chi connectivity index (χ4n) is 6.03. The lowest BCUT2D eigenvalue weighted by atomic mass is 9.88. The number of nitrogens with one attached hydrogen (secondary N) is 1. The number of ether oxygens (including phenoxy) is 1. The first kappa shape index (κ1) is 44.5. The number of amides is 3. The average Bonchev–Trinajstić information content (AvgIpc) is 3.62. The summed E-state index contributed by atoms with van der Waals surface area (Å²) < 4.78 is 5.73. The van der Waals surface area contributed by atoms with Gasteiger partial charge >= 0.3 is 11.9 Å². The number of carboxylic acids is 1. The van der Waals surface area contributed by atoms with Crippen LogP contribution < -0.4 is 5.32 Å². The molecule has 6 unspecified atom stereocenters. The van der Waals surface area contributed by atoms with Crippen molar-refractivity contribution in [2.45, 2.75) is 104 Å². The van der Waals surface area contributed by atoms with Crippen LogP contribution in [0.3, 0.4) is 0 Å².